The molecule has 3 heteroatoms. The summed E-state index contributed by atoms with van der Waals surface area (Å²) in [7, 11) is 0. The summed E-state index contributed by atoms with van der Waals surface area (Å²) in [6, 6.07) is 16.2. The summed E-state index contributed by atoms with van der Waals surface area (Å²) in [4.78, 5) is 0.410. The number of nitrogens with two attached hydrogens (primary N) is 1. The molecule has 0 aliphatic carbocycles. The predicted octanol–water partition coefficient (Wildman–Crippen LogP) is 4.59. The first-order chi connectivity index (χ1) is 10.4. The molecule has 0 saturated heterocycles. The highest BCUT2D eigenvalue weighted by Crippen LogP contribution is 2.28. The lowest BCUT2D eigenvalue weighted by Gasteiger charge is -2.23. The number of benzene rings is 2. The monoisotopic (exact) mass is 313 g/mol. The minimum Gasteiger partial charge on any atom is -0.489 e. The fourth-order valence-corrected chi connectivity index (χ4v) is 2.31. The van der Waals surface area contributed by atoms with Gasteiger partial charge in [0.25, 0.3) is 0 Å². The molecule has 22 heavy (non-hydrogen) atoms. The number of hydrogen-bond donors (Lipinski definition) is 1. The van der Waals surface area contributed by atoms with Crippen molar-refractivity contribution in [3.63, 3.8) is 0 Å². The fraction of sp³-hybridized carbons (Fsp3) is 0.316. The van der Waals surface area contributed by atoms with Crippen LogP contribution in [0, 0.1) is 0 Å². The molecule has 0 aliphatic rings. The van der Waals surface area contributed by atoms with Gasteiger partial charge in [0.05, 0.1) is 0 Å². The quantitative estimate of drug-likeness (QED) is 0.792. The third-order valence-electron chi connectivity index (χ3n) is 4.14. The van der Waals surface area contributed by atoms with Crippen LogP contribution in [-0.2, 0) is 12.0 Å². The van der Waals surface area contributed by atoms with E-state index in [9.17, 15) is 0 Å². The van der Waals surface area contributed by atoms with Gasteiger partial charge in [-0.2, -0.15) is 0 Å². The number of ether oxygens (including phenoxy) is 1. The second kappa shape index (κ2) is 6.93. The fourth-order valence-electron chi connectivity index (χ4n) is 2.19. The lowest BCUT2D eigenvalue weighted by Crippen LogP contribution is -2.15. The third-order valence-corrected chi connectivity index (χ3v) is 4.37. The van der Waals surface area contributed by atoms with Crippen molar-refractivity contribution in [3.8, 4) is 5.75 Å². The van der Waals surface area contributed by atoms with E-state index in [0.717, 1.165) is 23.3 Å². The maximum absolute atomic E-state index is 5.84. The average Bonchev–Trinajstić information content (AvgIpc) is 2.53. The lowest BCUT2D eigenvalue weighted by molar-refractivity contribution is 0.306. The van der Waals surface area contributed by atoms with Crippen molar-refractivity contribution in [1.82, 2.24) is 0 Å². The summed E-state index contributed by atoms with van der Waals surface area (Å²) in [6.07, 6.45) is 1.11. The van der Waals surface area contributed by atoms with Gasteiger partial charge in [-0.25, -0.2) is 0 Å². The number of rotatable bonds is 6. The normalized spacial score (nSPS) is 11.2. The van der Waals surface area contributed by atoms with Crippen molar-refractivity contribution in [3.05, 3.63) is 65.2 Å². The highest BCUT2D eigenvalue weighted by atomic mass is 32.1. The molecule has 0 fully saturated rings. The largest absolute Gasteiger partial charge is 0.489 e. The van der Waals surface area contributed by atoms with Crippen LogP contribution in [0.15, 0.2) is 48.5 Å². The molecule has 2 aromatic rings. The van der Waals surface area contributed by atoms with Gasteiger partial charge in [-0.1, -0.05) is 63.3 Å². The Labute approximate surface area is 138 Å². The van der Waals surface area contributed by atoms with Crippen molar-refractivity contribution in [2.45, 2.75) is 39.2 Å². The molecule has 0 atom stereocenters. The molecule has 0 bridgehead atoms. The van der Waals surface area contributed by atoms with Crippen LogP contribution in [0.25, 0.3) is 0 Å². The minimum atomic E-state index is 0.198. The van der Waals surface area contributed by atoms with Crippen LogP contribution in [0.3, 0.4) is 0 Å². The predicted molar refractivity (Wildman–Crippen MR) is 96.4 cm³/mol. The average molecular weight is 313 g/mol. The molecule has 2 rings (SSSR count). The molecule has 2 N–H and O–H groups in total. The maximum atomic E-state index is 5.84. The van der Waals surface area contributed by atoms with Crippen LogP contribution < -0.4 is 10.5 Å². The molecule has 0 spiro atoms. The zero-order valence-corrected chi connectivity index (χ0v) is 14.2. The van der Waals surface area contributed by atoms with E-state index in [1.54, 1.807) is 0 Å². The Morgan fingerprint density at radius 3 is 2.41 bits per heavy atom. The van der Waals surface area contributed by atoms with Crippen molar-refractivity contribution < 1.29 is 4.74 Å². The van der Waals surface area contributed by atoms with Crippen LogP contribution in [-0.4, -0.2) is 4.99 Å². The molecule has 0 amide bonds. The summed E-state index contributed by atoms with van der Waals surface area (Å²) in [6.45, 7) is 7.22. The SMILES string of the molecule is CCC(C)(C)c1ccc(OCc2cccc(C(N)=S)c2)cc1. The second-order valence-electron chi connectivity index (χ2n) is 6.12. The first-order valence-corrected chi connectivity index (χ1v) is 7.95. The molecule has 2 nitrogen and oxygen atoms in total. The molecule has 0 saturated carbocycles. The smallest absolute Gasteiger partial charge is 0.119 e. The van der Waals surface area contributed by atoms with E-state index >= 15 is 0 Å². The van der Waals surface area contributed by atoms with Crippen LogP contribution in [0.5, 0.6) is 5.75 Å². The summed E-state index contributed by atoms with van der Waals surface area (Å²) in [5, 5.41) is 0. The van der Waals surface area contributed by atoms with Gasteiger partial charge in [0.1, 0.15) is 17.3 Å². The molecule has 0 radical (unpaired) electrons. The van der Waals surface area contributed by atoms with E-state index in [1.807, 2.05) is 36.4 Å². The second-order valence-corrected chi connectivity index (χ2v) is 6.55. The van der Waals surface area contributed by atoms with Gasteiger partial charge in [-0.15, -0.1) is 0 Å². The van der Waals surface area contributed by atoms with Crippen molar-refractivity contribution in [2.24, 2.45) is 5.73 Å². The van der Waals surface area contributed by atoms with Gasteiger partial charge < -0.3 is 10.5 Å². The van der Waals surface area contributed by atoms with Gasteiger partial charge in [0.2, 0.25) is 0 Å². The van der Waals surface area contributed by atoms with Crippen LogP contribution in [0.4, 0.5) is 0 Å². The van der Waals surface area contributed by atoms with Crippen molar-refractivity contribution in [1.29, 1.82) is 0 Å². The summed E-state index contributed by atoms with van der Waals surface area (Å²) in [5.74, 6) is 0.872. The van der Waals surface area contributed by atoms with Crippen LogP contribution in [0.2, 0.25) is 0 Å². The Bertz CT molecular complexity index is 647. The topological polar surface area (TPSA) is 35.2 Å². The van der Waals surface area contributed by atoms with E-state index in [4.69, 9.17) is 22.7 Å². The summed E-state index contributed by atoms with van der Waals surface area (Å²) >= 11 is 5.00. The van der Waals surface area contributed by atoms with E-state index in [2.05, 4.69) is 32.9 Å². The Hall–Kier alpha value is -1.87. The molecule has 0 aromatic heterocycles. The Kier molecular flexibility index (Phi) is 5.19. The standard InChI is InChI=1S/C19H23NOS/c1-4-19(2,3)16-8-10-17(11-9-16)21-13-14-6-5-7-15(12-14)18(20)22/h5-12H,4,13H2,1-3H3,(H2,20,22). The number of hydrogen-bond acceptors (Lipinski definition) is 2. The van der Waals surface area contributed by atoms with Gasteiger partial charge in [0, 0.05) is 5.56 Å². The van der Waals surface area contributed by atoms with E-state index in [0.29, 0.717) is 11.6 Å². The van der Waals surface area contributed by atoms with E-state index in [1.165, 1.54) is 5.56 Å². The number of thiocarbonyl (C=S) groups is 1. The maximum Gasteiger partial charge on any atom is 0.119 e. The van der Waals surface area contributed by atoms with Crippen molar-refractivity contribution in [2.75, 3.05) is 0 Å². The molecule has 2 aromatic carbocycles. The van der Waals surface area contributed by atoms with Crippen LogP contribution >= 0.6 is 12.2 Å². The van der Waals surface area contributed by atoms with Crippen molar-refractivity contribution >= 4 is 17.2 Å². The summed E-state index contributed by atoms with van der Waals surface area (Å²) < 4.78 is 5.84. The molecule has 116 valence electrons. The summed E-state index contributed by atoms with van der Waals surface area (Å²) in [5.41, 5.74) is 9.11. The first kappa shape index (κ1) is 16.5. The molecule has 0 unspecified atom stereocenters. The van der Waals surface area contributed by atoms with Gasteiger partial charge in [-0.3, -0.25) is 0 Å². The highest BCUT2D eigenvalue weighted by molar-refractivity contribution is 7.80. The Morgan fingerprint density at radius 1 is 1.14 bits per heavy atom. The minimum absolute atomic E-state index is 0.198. The van der Waals surface area contributed by atoms with Gasteiger partial charge in [0.15, 0.2) is 0 Å². The van der Waals surface area contributed by atoms with E-state index < -0.39 is 0 Å². The first-order valence-electron chi connectivity index (χ1n) is 7.54. The Balaban J connectivity index is 2.03. The molecular weight excluding hydrogens is 290 g/mol. The molecular formula is C19H23NOS. The van der Waals surface area contributed by atoms with E-state index in [-0.39, 0.29) is 5.41 Å². The lowest BCUT2D eigenvalue weighted by atomic mass is 9.82. The zero-order chi connectivity index (χ0) is 16.2. The highest BCUT2D eigenvalue weighted by Gasteiger charge is 2.17. The third kappa shape index (κ3) is 4.08. The Morgan fingerprint density at radius 2 is 1.82 bits per heavy atom. The molecule has 0 aliphatic heterocycles. The zero-order valence-electron chi connectivity index (χ0n) is 13.4. The van der Waals surface area contributed by atoms with Gasteiger partial charge in [-0.05, 0) is 41.2 Å². The molecule has 0 heterocycles. The van der Waals surface area contributed by atoms with Crippen LogP contribution in [0.1, 0.15) is 43.9 Å². The van der Waals surface area contributed by atoms with Gasteiger partial charge >= 0.3 is 0 Å².